The van der Waals surface area contributed by atoms with Gasteiger partial charge in [0.15, 0.2) is 0 Å². The molecule has 1 aromatic heterocycles. The molecule has 0 fully saturated rings. The standard InChI is InChI=1S/C22H26FN5O/c1-4-7-16-10-12-17(13-11-16)20-25-27-28(26-20)15-22(2,3)21(29)24-14-18-8-5-6-9-19(18)23/h5-6,8-13H,4,7,14-15H2,1-3H3,(H,24,29). The van der Waals surface area contributed by atoms with Gasteiger partial charge in [0.05, 0.1) is 12.0 Å². The van der Waals surface area contributed by atoms with E-state index in [1.165, 1.54) is 16.4 Å². The number of nitrogens with one attached hydrogen (secondary N) is 1. The number of rotatable bonds is 8. The van der Waals surface area contributed by atoms with Crippen LogP contribution in [0, 0.1) is 11.2 Å². The van der Waals surface area contributed by atoms with Crippen molar-refractivity contribution in [3.05, 3.63) is 65.5 Å². The molecular formula is C22H26FN5O. The molecule has 0 spiro atoms. The van der Waals surface area contributed by atoms with Gasteiger partial charge in [-0.1, -0.05) is 55.8 Å². The lowest BCUT2D eigenvalue weighted by Gasteiger charge is -2.22. The Bertz CT molecular complexity index is 965. The normalized spacial score (nSPS) is 11.4. The van der Waals surface area contributed by atoms with Crippen molar-refractivity contribution in [3.63, 3.8) is 0 Å². The second-order valence-electron chi connectivity index (χ2n) is 7.75. The van der Waals surface area contributed by atoms with Crippen LogP contribution < -0.4 is 5.32 Å². The average molecular weight is 395 g/mol. The second kappa shape index (κ2) is 8.94. The molecule has 0 saturated heterocycles. The molecule has 1 heterocycles. The number of hydrogen-bond acceptors (Lipinski definition) is 4. The quantitative estimate of drug-likeness (QED) is 0.630. The molecule has 0 bridgehead atoms. The van der Waals surface area contributed by atoms with Gasteiger partial charge in [-0.15, -0.1) is 10.2 Å². The lowest BCUT2D eigenvalue weighted by molar-refractivity contribution is -0.130. The fraction of sp³-hybridized carbons (Fsp3) is 0.364. The molecular weight excluding hydrogens is 369 g/mol. The summed E-state index contributed by atoms with van der Waals surface area (Å²) in [5.41, 5.74) is 1.83. The Hall–Kier alpha value is -3.09. The minimum absolute atomic E-state index is 0.134. The van der Waals surface area contributed by atoms with Gasteiger partial charge in [-0.05, 0) is 37.1 Å². The lowest BCUT2D eigenvalue weighted by Crippen LogP contribution is -2.40. The molecule has 6 nitrogen and oxygen atoms in total. The highest BCUT2D eigenvalue weighted by Crippen LogP contribution is 2.20. The Morgan fingerprint density at radius 3 is 2.55 bits per heavy atom. The fourth-order valence-corrected chi connectivity index (χ4v) is 3.02. The van der Waals surface area contributed by atoms with Crippen molar-refractivity contribution in [3.8, 4) is 11.4 Å². The molecule has 3 rings (SSSR count). The smallest absolute Gasteiger partial charge is 0.227 e. The van der Waals surface area contributed by atoms with Crippen molar-refractivity contribution in [2.24, 2.45) is 5.41 Å². The molecule has 1 amide bonds. The van der Waals surface area contributed by atoms with E-state index >= 15 is 0 Å². The molecule has 0 unspecified atom stereocenters. The monoisotopic (exact) mass is 395 g/mol. The van der Waals surface area contributed by atoms with Crippen molar-refractivity contribution in [1.82, 2.24) is 25.5 Å². The van der Waals surface area contributed by atoms with Gasteiger partial charge in [0.25, 0.3) is 0 Å². The maximum Gasteiger partial charge on any atom is 0.227 e. The number of aromatic nitrogens is 4. The van der Waals surface area contributed by atoms with E-state index in [1.807, 2.05) is 12.1 Å². The summed E-state index contributed by atoms with van der Waals surface area (Å²) in [5, 5.41) is 15.4. The Balaban J connectivity index is 1.62. The first-order chi connectivity index (χ1) is 13.9. The number of tetrazole rings is 1. The molecule has 2 aromatic carbocycles. The van der Waals surface area contributed by atoms with E-state index in [1.54, 1.807) is 32.0 Å². The Morgan fingerprint density at radius 1 is 1.14 bits per heavy atom. The molecule has 0 aliphatic carbocycles. The van der Waals surface area contributed by atoms with E-state index in [2.05, 4.69) is 39.8 Å². The van der Waals surface area contributed by atoms with Crippen molar-refractivity contribution < 1.29 is 9.18 Å². The summed E-state index contributed by atoms with van der Waals surface area (Å²) in [7, 11) is 0. The third-order valence-corrected chi connectivity index (χ3v) is 4.75. The van der Waals surface area contributed by atoms with Crippen LogP contribution in [0.15, 0.2) is 48.5 Å². The molecule has 0 saturated carbocycles. The SMILES string of the molecule is CCCc1ccc(-c2nnn(CC(C)(C)C(=O)NCc3ccccc3F)n2)cc1. The number of carbonyl (C=O) groups excluding carboxylic acids is 1. The Kier molecular flexibility index (Phi) is 6.36. The van der Waals surface area contributed by atoms with E-state index < -0.39 is 5.41 Å². The highest BCUT2D eigenvalue weighted by atomic mass is 19.1. The van der Waals surface area contributed by atoms with Gasteiger partial charge in [0.2, 0.25) is 11.7 Å². The summed E-state index contributed by atoms with van der Waals surface area (Å²) in [6.07, 6.45) is 2.14. The van der Waals surface area contributed by atoms with Crippen LogP contribution in [-0.4, -0.2) is 26.1 Å². The summed E-state index contributed by atoms with van der Waals surface area (Å²) in [6.45, 7) is 6.14. The topological polar surface area (TPSA) is 72.7 Å². The number of amides is 1. The highest BCUT2D eigenvalue weighted by molar-refractivity contribution is 5.81. The van der Waals surface area contributed by atoms with Crippen LogP contribution in [0.3, 0.4) is 0 Å². The van der Waals surface area contributed by atoms with Crippen LogP contribution in [0.4, 0.5) is 4.39 Å². The lowest BCUT2D eigenvalue weighted by atomic mass is 9.92. The molecule has 1 N–H and O–H groups in total. The van der Waals surface area contributed by atoms with E-state index in [0.717, 1.165) is 18.4 Å². The number of halogens is 1. The van der Waals surface area contributed by atoms with Gasteiger partial charge in [-0.2, -0.15) is 4.80 Å². The van der Waals surface area contributed by atoms with Crippen molar-refractivity contribution >= 4 is 5.91 Å². The number of nitrogens with zero attached hydrogens (tertiary/aromatic N) is 4. The Morgan fingerprint density at radius 2 is 1.86 bits per heavy atom. The maximum absolute atomic E-state index is 13.7. The van der Waals surface area contributed by atoms with Gasteiger partial charge in [-0.3, -0.25) is 4.79 Å². The van der Waals surface area contributed by atoms with E-state index in [4.69, 9.17) is 0 Å². The molecule has 0 aliphatic heterocycles. The first kappa shape index (κ1) is 20.6. The van der Waals surface area contributed by atoms with Gasteiger partial charge in [0, 0.05) is 17.7 Å². The first-order valence-corrected chi connectivity index (χ1v) is 9.78. The summed E-state index contributed by atoms with van der Waals surface area (Å²) in [6, 6.07) is 14.5. The minimum Gasteiger partial charge on any atom is -0.351 e. The molecule has 0 aliphatic rings. The zero-order valence-corrected chi connectivity index (χ0v) is 17.0. The first-order valence-electron chi connectivity index (χ1n) is 9.78. The molecule has 0 atom stereocenters. The summed E-state index contributed by atoms with van der Waals surface area (Å²) >= 11 is 0. The van der Waals surface area contributed by atoms with Crippen molar-refractivity contribution in [2.75, 3.05) is 0 Å². The second-order valence-corrected chi connectivity index (χ2v) is 7.75. The van der Waals surface area contributed by atoms with Gasteiger partial charge in [-0.25, -0.2) is 4.39 Å². The van der Waals surface area contributed by atoms with Crippen molar-refractivity contribution in [2.45, 2.75) is 46.7 Å². The van der Waals surface area contributed by atoms with Gasteiger partial charge in [0.1, 0.15) is 5.82 Å². The summed E-state index contributed by atoms with van der Waals surface area (Å²) < 4.78 is 13.7. The summed E-state index contributed by atoms with van der Waals surface area (Å²) in [5.74, 6) is -0.0164. The van der Waals surface area contributed by atoms with Gasteiger partial charge < -0.3 is 5.32 Å². The maximum atomic E-state index is 13.7. The number of carbonyl (C=O) groups is 1. The zero-order valence-electron chi connectivity index (χ0n) is 17.0. The third-order valence-electron chi connectivity index (χ3n) is 4.75. The predicted molar refractivity (Wildman–Crippen MR) is 109 cm³/mol. The molecule has 0 radical (unpaired) electrons. The molecule has 152 valence electrons. The number of benzene rings is 2. The van der Waals surface area contributed by atoms with E-state index in [-0.39, 0.29) is 24.8 Å². The minimum atomic E-state index is -0.784. The molecule has 7 heteroatoms. The largest absolute Gasteiger partial charge is 0.351 e. The van der Waals surface area contributed by atoms with E-state index in [0.29, 0.717) is 11.4 Å². The third kappa shape index (κ3) is 5.25. The van der Waals surface area contributed by atoms with Crippen LogP contribution in [0.5, 0.6) is 0 Å². The molecule has 29 heavy (non-hydrogen) atoms. The van der Waals surface area contributed by atoms with Crippen LogP contribution in [-0.2, 0) is 24.3 Å². The fourth-order valence-electron chi connectivity index (χ4n) is 3.02. The highest BCUT2D eigenvalue weighted by Gasteiger charge is 2.29. The zero-order chi connectivity index (χ0) is 20.9. The van der Waals surface area contributed by atoms with Gasteiger partial charge >= 0.3 is 0 Å². The number of hydrogen-bond donors (Lipinski definition) is 1. The van der Waals surface area contributed by atoms with Crippen molar-refractivity contribution in [1.29, 1.82) is 0 Å². The van der Waals surface area contributed by atoms with Crippen LogP contribution in [0.25, 0.3) is 11.4 Å². The molecule has 3 aromatic rings. The van der Waals surface area contributed by atoms with Crippen LogP contribution in [0.2, 0.25) is 0 Å². The van der Waals surface area contributed by atoms with E-state index in [9.17, 15) is 9.18 Å². The average Bonchev–Trinajstić information content (AvgIpc) is 3.15. The Labute approximate surface area is 170 Å². The predicted octanol–water partition coefficient (Wildman–Crippen LogP) is 3.77. The van der Waals surface area contributed by atoms with Crippen LogP contribution >= 0.6 is 0 Å². The number of aryl methyl sites for hydroxylation is 1. The van der Waals surface area contributed by atoms with Crippen LogP contribution in [0.1, 0.15) is 38.3 Å². The summed E-state index contributed by atoms with van der Waals surface area (Å²) in [4.78, 5) is 14.0.